The van der Waals surface area contributed by atoms with Gasteiger partial charge < -0.3 is 4.74 Å². The summed E-state index contributed by atoms with van der Waals surface area (Å²) in [5.41, 5.74) is 9.09. The van der Waals surface area contributed by atoms with Gasteiger partial charge in [-0.05, 0) is 62.0 Å². The average molecular weight is 767 g/mol. The standard InChI is InChI=1S/C55H34N4O/c1-56-43-31-28-37(29-32-43)36-24-26-38(27-25-36)52-57-53(59-54(58-52)47-34-39-14-8-9-19-44(39)45-20-10-11-21-46(45)47)40-30-33-49-51(35-40)60-50-23-13-12-22-48(50)55(49,41-15-4-2-5-16-41)42-17-6-3-7-18-42/h2-35H. The van der Waals surface area contributed by atoms with Gasteiger partial charge in [-0.25, -0.2) is 19.8 Å². The second-order valence-corrected chi connectivity index (χ2v) is 15.0. The van der Waals surface area contributed by atoms with Gasteiger partial charge in [-0.3, -0.25) is 0 Å². The monoisotopic (exact) mass is 766 g/mol. The summed E-state index contributed by atoms with van der Waals surface area (Å²) in [5.74, 6) is 3.24. The van der Waals surface area contributed by atoms with E-state index in [0.29, 0.717) is 23.2 Å². The number of ether oxygens (including phenoxy) is 1. The zero-order chi connectivity index (χ0) is 40.0. The molecule has 2 heterocycles. The van der Waals surface area contributed by atoms with E-state index < -0.39 is 5.41 Å². The molecular weight excluding hydrogens is 733 g/mol. The van der Waals surface area contributed by atoms with E-state index in [2.05, 4.69) is 181 Å². The van der Waals surface area contributed by atoms with Crippen LogP contribution in [0.3, 0.4) is 0 Å². The Hall–Kier alpha value is -8.20. The summed E-state index contributed by atoms with van der Waals surface area (Å²) in [4.78, 5) is 19.2. The molecule has 0 aliphatic carbocycles. The maximum absolute atomic E-state index is 7.35. The number of nitrogens with zero attached hydrogens (tertiary/aromatic N) is 4. The van der Waals surface area contributed by atoms with Crippen molar-refractivity contribution in [1.29, 1.82) is 0 Å². The first-order valence-corrected chi connectivity index (χ1v) is 20.0. The second kappa shape index (κ2) is 14.3. The van der Waals surface area contributed by atoms with Gasteiger partial charge >= 0.3 is 0 Å². The molecule has 0 amide bonds. The number of para-hydroxylation sites is 1. The van der Waals surface area contributed by atoms with E-state index in [9.17, 15) is 0 Å². The van der Waals surface area contributed by atoms with Crippen LogP contribution in [0.5, 0.6) is 11.5 Å². The number of rotatable bonds is 6. The highest BCUT2D eigenvalue weighted by molar-refractivity contribution is 6.13. The van der Waals surface area contributed by atoms with Crippen molar-refractivity contribution in [2.24, 2.45) is 0 Å². The van der Waals surface area contributed by atoms with Crippen molar-refractivity contribution >= 4 is 27.2 Å². The Morgan fingerprint density at radius 1 is 0.400 bits per heavy atom. The van der Waals surface area contributed by atoms with Gasteiger partial charge in [-0.1, -0.05) is 188 Å². The first kappa shape index (κ1) is 35.0. The van der Waals surface area contributed by atoms with E-state index in [1.54, 1.807) is 0 Å². The van der Waals surface area contributed by atoms with E-state index in [-0.39, 0.29) is 0 Å². The minimum Gasteiger partial charge on any atom is -0.457 e. The van der Waals surface area contributed by atoms with Crippen LogP contribution in [0.25, 0.3) is 71.7 Å². The fraction of sp³-hybridized carbons (Fsp3) is 0.0182. The lowest BCUT2D eigenvalue weighted by Gasteiger charge is -2.41. The summed E-state index contributed by atoms with van der Waals surface area (Å²) in [6.45, 7) is 7.35. The van der Waals surface area contributed by atoms with E-state index in [1.807, 2.05) is 30.3 Å². The predicted molar refractivity (Wildman–Crippen MR) is 241 cm³/mol. The van der Waals surface area contributed by atoms with Crippen LogP contribution in [-0.2, 0) is 5.41 Å². The second-order valence-electron chi connectivity index (χ2n) is 15.0. The van der Waals surface area contributed by atoms with Gasteiger partial charge in [0.1, 0.15) is 11.5 Å². The van der Waals surface area contributed by atoms with Crippen LogP contribution in [0.4, 0.5) is 5.69 Å². The Bertz CT molecular complexity index is 3240. The molecule has 0 saturated carbocycles. The third-order valence-corrected chi connectivity index (χ3v) is 11.7. The van der Waals surface area contributed by atoms with E-state index in [1.165, 1.54) is 5.39 Å². The quantitative estimate of drug-likeness (QED) is 0.125. The van der Waals surface area contributed by atoms with Gasteiger partial charge in [0.15, 0.2) is 23.2 Å². The third kappa shape index (κ3) is 5.74. The van der Waals surface area contributed by atoms with Crippen molar-refractivity contribution < 1.29 is 4.74 Å². The average Bonchev–Trinajstić information content (AvgIpc) is 3.33. The van der Waals surface area contributed by atoms with Crippen LogP contribution in [0.15, 0.2) is 206 Å². The molecule has 1 aliphatic rings. The smallest absolute Gasteiger partial charge is 0.187 e. The van der Waals surface area contributed by atoms with Gasteiger partial charge in [-0.2, -0.15) is 0 Å². The topological polar surface area (TPSA) is 52.3 Å². The molecule has 1 aromatic heterocycles. The van der Waals surface area contributed by atoms with Crippen molar-refractivity contribution in [3.63, 3.8) is 0 Å². The summed E-state index contributed by atoms with van der Waals surface area (Å²) in [6, 6.07) is 71.1. The molecule has 5 heteroatoms. The van der Waals surface area contributed by atoms with Crippen LogP contribution in [0.1, 0.15) is 22.3 Å². The summed E-state index contributed by atoms with van der Waals surface area (Å²) in [5, 5.41) is 4.50. The number of fused-ring (bicyclic) bond motifs is 5. The summed E-state index contributed by atoms with van der Waals surface area (Å²) in [6.07, 6.45) is 0. The Morgan fingerprint density at radius 2 is 0.917 bits per heavy atom. The molecule has 0 spiro atoms. The zero-order valence-corrected chi connectivity index (χ0v) is 32.3. The predicted octanol–water partition coefficient (Wildman–Crippen LogP) is 13.9. The van der Waals surface area contributed by atoms with Crippen molar-refractivity contribution in [1.82, 2.24) is 15.0 Å². The molecular formula is C55H34N4O. The summed E-state index contributed by atoms with van der Waals surface area (Å²) < 4.78 is 6.86. The molecule has 0 bridgehead atoms. The van der Waals surface area contributed by atoms with Gasteiger partial charge in [0.2, 0.25) is 0 Å². The first-order valence-electron chi connectivity index (χ1n) is 20.0. The van der Waals surface area contributed by atoms with Gasteiger partial charge in [0, 0.05) is 27.8 Å². The Morgan fingerprint density at radius 3 is 1.62 bits per heavy atom. The molecule has 280 valence electrons. The largest absolute Gasteiger partial charge is 0.457 e. The molecule has 0 fully saturated rings. The van der Waals surface area contributed by atoms with E-state index >= 15 is 0 Å². The fourth-order valence-corrected chi connectivity index (χ4v) is 8.88. The SMILES string of the molecule is [C-]#[N+]c1ccc(-c2ccc(-c3nc(-c4ccc5c(c4)Oc4ccccc4C5(c4ccccc4)c4ccccc4)nc(-c4cc5ccccc5c5ccccc45)n3)cc2)cc1. The molecule has 5 nitrogen and oxygen atoms in total. The van der Waals surface area contributed by atoms with Crippen LogP contribution in [0.2, 0.25) is 0 Å². The fourth-order valence-electron chi connectivity index (χ4n) is 8.88. The highest BCUT2D eigenvalue weighted by atomic mass is 16.5. The summed E-state index contributed by atoms with van der Waals surface area (Å²) >= 11 is 0. The molecule has 0 N–H and O–H groups in total. The molecule has 0 unspecified atom stereocenters. The number of benzene rings is 9. The molecule has 60 heavy (non-hydrogen) atoms. The van der Waals surface area contributed by atoms with Crippen molar-refractivity contribution in [3.05, 3.63) is 240 Å². The van der Waals surface area contributed by atoms with Crippen LogP contribution in [-0.4, -0.2) is 15.0 Å². The zero-order valence-electron chi connectivity index (χ0n) is 32.3. The van der Waals surface area contributed by atoms with Crippen molar-refractivity contribution in [2.75, 3.05) is 0 Å². The van der Waals surface area contributed by atoms with Crippen LogP contribution >= 0.6 is 0 Å². The minimum atomic E-state index is -0.636. The van der Waals surface area contributed by atoms with Gasteiger partial charge in [0.25, 0.3) is 0 Å². The molecule has 9 aromatic carbocycles. The lowest BCUT2D eigenvalue weighted by Crippen LogP contribution is -2.34. The van der Waals surface area contributed by atoms with E-state index in [4.69, 9.17) is 26.3 Å². The highest BCUT2D eigenvalue weighted by Gasteiger charge is 2.45. The van der Waals surface area contributed by atoms with Gasteiger partial charge in [0.05, 0.1) is 12.0 Å². The normalized spacial score (nSPS) is 12.6. The first-order chi connectivity index (χ1) is 29.7. The van der Waals surface area contributed by atoms with Crippen molar-refractivity contribution in [2.45, 2.75) is 5.41 Å². The maximum Gasteiger partial charge on any atom is 0.187 e. The Labute approximate surface area is 347 Å². The Kier molecular flexibility index (Phi) is 8.35. The number of hydrogen-bond donors (Lipinski definition) is 0. The molecule has 0 radical (unpaired) electrons. The van der Waals surface area contributed by atoms with Crippen LogP contribution < -0.4 is 4.74 Å². The summed E-state index contributed by atoms with van der Waals surface area (Å²) in [7, 11) is 0. The highest BCUT2D eigenvalue weighted by Crippen LogP contribution is 2.55. The molecule has 11 rings (SSSR count). The lowest BCUT2D eigenvalue weighted by atomic mass is 9.63. The number of aromatic nitrogens is 3. The molecule has 0 saturated heterocycles. The van der Waals surface area contributed by atoms with Gasteiger partial charge in [-0.15, -0.1) is 0 Å². The maximum atomic E-state index is 7.35. The minimum absolute atomic E-state index is 0.543. The molecule has 10 aromatic rings. The van der Waals surface area contributed by atoms with Crippen molar-refractivity contribution in [3.8, 4) is 56.8 Å². The Balaban J connectivity index is 1.12. The molecule has 0 atom stereocenters. The molecule has 1 aliphatic heterocycles. The van der Waals surface area contributed by atoms with E-state index in [0.717, 1.165) is 77.7 Å². The lowest BCUT2D eigenvalue weighted by molar-refractivity contribution is 0.434. The third-order valence-electron chi connectivity index (χ3n) is 11.7. The van der Waals surface area contributed by atoms with Crippen LogP contribution in [0, 0.1) is 6.57 Å². The number of hydrogen-bond acceptors (Lipinski definition) is 4.